The highest BCUT2D eigenvalue weighted by molar-refractivity contribution is 5.49. The molecule has 2 N–H and O–H groups in total. The molecular weight excluding hydrogens is 336 g/mol. The van der Waals surface area contributed by atoms with Crippen LogP contribution in [0, 0.1) is 5.92 Å². The van der Waals surface area contributed by atoms with Gasteiger partial charge >= 0.3 is 0 Å². The summed E-state index contributed by atoms with van der Waals surface area (Å²) in [6.45, 7) is 9.82. The lowest BCUT2D eigenvalue weighted by atomic mass is 10.1. The third-order valence-corrected chi connectivity index (χ3v) is 4.20. The number of rotatable bonds is 13. The topological polar surface area (TPSA) is 42.5 Å². The van der Waals surface area contributed by atoms with Crippen molar-refractivity contribution in [2.24, 2.45) is 5.92 Å². The predicted octanol–water partition coefficient (Wildman–Crippen LogP) is 5.81. The normalized spacial score (nSPS) is 10.7. The van der Waals surface area contributed by atoms with Crippen LogP contribution in [0.15, 0.2) is 48.5 Å². The van der Waals surface area contributed by atoms with Crippen molar-refractivity contribution in [3.05, 3.63) is 48.5 Å². The summed E-state index contributed by atoms with van der Waals surface area (Å²) in [5.41, 5.74) is 2.18. The van der Waals surface area contributed by atoms with Crippen LogP contribution in [-0.2, 0) is 0 Å². The van der Waals surface area contributed by atoms with Gasteiger partial charge in [-0.05, 0) is 55.2 Å². The molecule has 0 unspecified atom stereocenters. The van der Waals surface area contributed by atoms with E-state index in [4.69, 9.17) is 9.47 Å². The van der Waals surface area contributed by atoms with Crippen molar-refractivity contribution >= 4 is 11.4 Å². The molecule has 0 saturated carbocycles. The summed E-state index contributed by atoms with van der Waals surface area (Å²) in [5.74, 6) is 2.52. The first kappa shape index (κ1) is 20.9. The van der Waals surface area contributed by atoms with Gasteiger partial charge in [-0.2, -0.15) is 0 Å². The molecule has 0 fully saturated rings. The third kappa shape index (κ3) is 8.72. The molecule has 148 valence electrons. The van der Waals surface area contributed by atoms with Crippen LogP contribution >= 0.6 is 0 Å². The summed E-state index contributed by atoms with van der Waals surface area (Å²) < 4.78 is 11.5. The second-order valence-electron chi connectivity index (χ2n) is 7.14. The van der Waals surface area contributed by atoms with Crippen molar-refractivity contribution in [3.63, 3.8) is 0 Å². The Balaban J connectivity index is 1.67. The Morgan fingerprint density at radius 2 is 1.52 bits per heavy atom. The summed E-state index contributed by atoms with van der Waals surface area (Å²) in [6.07, 6.45) is 3.32. The predicted molar refractivity (Wildman–Crippen MR) is 115 cm³/mol. The van der Waals surface area contributed by atoms with E-state index in [0.717, 1.165) is 68.4 Å². The lowest BCUT2D eigenvalue weighted by Crippen LogP contribution is -2.13. The molecule has 0 aliphatic carbocycles. The Morgan fingerprint density at radius 3 is 2.22 bits per heavy atom. The van der Waals surface area contributed by atoms with Crippen LogP contribution in [-0.4, -0.2) is 26.3 Å². The zero-order valence-corrected chi connectivity index (χ0v) is 17.0. The van der Waals surface area contributed by atoms with Crippen molar-refractivity contribution in [1.82, 2.24) is 0 Å². The summed E-state index contributed by atoms with van der Waals surface area (Å²) in [6, 6.07) is 16.3. The van der Waals surface area contributed by atoms with Crippen LogP contribution < -0.4 is 20.1 Å². The number of nitrogens with one attached hydrogen (secondary N) is 2. The number of hydrogen-bond donors (Lipinski definition) is 2. The molecule has 2 rings (SSSR count). The first-order valence-electron chi connectivity index (χ1n) is 10.1. The van der Waals surface area contributed by atoms with E-state index in [1.165, 1.54) is 0 Å². The summed E-state index contributed by atoms with van der Waals surface area (Å²) in [5, 5.41) is 6.85. The maximum Gasteiger partial charge on any atom is 0.121 e. The SMILES string of the molecule is CCCCOc1ccc(NCCNc2cccc(OCCC(C)C)c2)cc1. The van der Waals surface area contributed by atoms with Gasteiger partial charge < -0.3 is 20.1 Å². The number of unbranched alkanes of at least 4 members (excludes halogenated alkanes) is 1. The Bertz CT molecular complexity index is 641. The van der Waals surface area contributed by atoms with E-state index in [-0.39, 0.29) is 0 Å². The van der Waals surface area contributed by atoms with Gasteiger partial charge in [0.1, 0.15) is 11.5 Å². The Morgan fingerprint density at radius 1 is 0.815 bits per heavy atom. The van der Waals surface area contributed by atoms with Crippen LogP contribution in [0.4, 0.5) is 11.4 Å². The Hall–Kier alpha value is -2.36. The van der Waals surface area contributed by atoms with Crippen LogP contribution in [0.5, 0.6) is 11.5 Å². The van der Waals surface area contributed by atoms with Crippen LogP contribution in [0.3, 0.4) is 0 Å². The van der Waals surface area contributed by atoms with Gasteiger partial charge in [0.05, 0.1) is 13.2 Å². The molecule has 0 atom stereocenters. The molecule has 0 bridgehead atoms. The van der Waals surface area contributed by atoms with E-state index in [1.807, 2.05) is 24.3 Å². The second kappa shape index (κ2) is 12.1. The lowest BCUT2D eigenvalue weighted by molar-refractivity contribution is 0.289. The summed E-state index contributed by atoms with van der Waals surface area (Å²) in [7, 11) is 0. The van der Waals surface area contributed by atoms with E-state index in [9.17, 15) is 0 Å². The molecule has 0 aliphatic heterocycles. The fourth-order valence-electron chi connectivity index (χ4n) is 2.53. The highest BCUT2D eigenvalue weighted by Crippen LogP contribution is 2.18. The van der Waals surface area contributed by atoms with Gasteiger partial charge in [-0.25, -0.2) is 0 Å². The minimum Gasteiger partial charge on any atom is -0.494 e. The van der Waals surface area contributed by atoms with Gasteiger partial charge in [0, 0.05) is 30.5 Å². The molecular formula is C23H34N2O2. The van der Waals surface area contributed by atoms with E-state index in [0.29, 0.717) is 5.92 Å². The monoisotopic (exact) mass is 370 g/mol. The molecule has 2 aromatic rings. The first-order chi connectivity index (χ1) is 13.2. The van der Waals surface area contributed by atoms with Crippen LogP contribution in [0.1, 0.15) is 40.0 Å². The van der Waals surface area contributed by atoms with Gasteiger partial charge in [0.25, 0.3) is 0 Å². The Labute approximate surface area is 164 Å². The standard InChI is InChI=1S/C23H34N2O2/c1-4-5-16-26-22-11-9-20(10-12-22)24-14-15-25-21-7-6-8-23(18-21)27-17-13-19(2)3/h6-12,18-19,24-25H,4-5,13-17H2,1-3H3. The van der Waals surface area contributed by atoms with Gasteiger partial charge in [-0.15, -0.1) is 0 Å². The smallest absolute Gasteiger partial charge is 0.121 e. The average Bonchev–Trinajstić information content (AvgIpc) is 2.67. The average molecular weight is 371 g/mol. The molecule has 0 aliphatic rings. The van der Waals surface area contributed by atoms with E-state index < -0.39 is 0 Å². The maximum atomic E-state index is 5.81. The number of hydrogen-bond acceptors (Lipinski definition) is 4. The molecule has 0 aromatic heterocycles. The fourth-order valence-corrected chi connectivity index (χ4v) is 2.53. The van der Waals surface area contributed by atoms with Gasteiger partial charge in [0.2, 0.25) is 0 Å². The Kier molecular flexibility index (Phi) is 9.39. The van der Waals surface area contributed by atoms with Crippen LogP contribution in [0.2, 0.25) is 0 Å². The molecule has 0 heterocycles. The molecule has 2 aromatic carbocycles. The van der Waals surface area contributed by atoms with Crippen molar-refractivity contribution in [2.75, 3.05) is 36.9 Å². The molecule has 4 heteroatoms. The summed E-state index contributed by atoms with van der Waals surface area (Å²) >= 11 is 0. The minimum atomic E-state index is 0.661. The number of anilines is 2. The summed E-state index contributed by atoms with van der Waals surface area (Å²) in [4.78, 5) is 0. The van der Waals surface area contributed by atoms with Gasteiger partial charge in [-0.1, -0.05) is 33.3 Å². The minimum absolute atomic E-state index is 0.661. The van der Waals surface area contributed by atoms with E-state index >= 15 is 0 Å². The molecule has 0 spiro atoms. The molecule has 4 nitrogen and oxygen atoms in total. The molecule has 27 heavy (non-hydrogen) atoms. The van der Waals surface area contributed by atoms with E-state index in [2.05, 4.69) is 55.7 Å². The van der Waals surface area contributed by atoms with E-state index in [1.54, 1.807) is 0 Å². The second-order valence-corrected chi connectivity index (χ2v) is 7.14. The third-order valence-electron chi connectivity index (χ3n) is 4.20. The number of benzene rings is 2. The molecule has 0 radical (unpaired) electrons. The van der Waals surface area contributed by atoms with Crippen molar-refractivity contribution in [1.29, 1.82) is 0 Å². The van der Waals surface area contributed by atoms with Crippen molar-refractivity contribution in [3.8, 4) is 11.5 Å². The quantitative estimate of drug-likeness (QED) is 0.436. The highest BCUT2D eigenvalue weighted by atomic mass is 16.5. The zero-order chi connectivity index (χ0) is 19.3. The molecule has 0 amide bonds. The van der Waals surface area contributed by atoms with Gasteiger partial charge in [0.15, 0.2) is 0 Å². The largest absolute Gasteiger partial charge is 0.494 e. The number of ether oxygens (including phenoxy) is 2. The van der Waals surface area contributed by atoms with Crippen LogP contribution in [0.25, 0.3) is 0 Å². The van der Waals surface area contributed by atoms with Crippen molar-refractivity contribution < 1.29 is 9.47 Å². The van der Waals surface area contributed by atoms with Gasteiger partial charge in [-0.3, -0.25) is 0 Å². The highest BCUT2D eigenvalue weighted by Gasteiger charge is 1.99. The fraction of sp³-hybridized carbons (Fsp3) is 0.478. The first-order valence-corrected chi connectivity index (χ1v) is 10.1. The zero-order valence-electron chi connectivity index (χ0n) is 17.0. The molecule has 0 saturated heterocycles. The van der Waals surface area contributed by atoms with Crippen molar-refractivity contribution in [2.45, 2.75) is 40.0 Å². The maximum absolute atomic E-state index is 5.81. The lowest BCUT2D eigenvalue weighted by Gasteiger charge is -2.12.